The van der Waals surface area contributed by atoms with Gasteiger partial charge >= 0.3 is 4.87 Å². The van der Waals surface area contributed by atoms with Crippen LogP contribution in [0, 0.1) is 5.92 Å². The minimum absolute atomic E-state index is 0.157. The number of halogens is 3. The summed E-state index contributed by atoms with van der Waals surface area (Å²) in [7, 11) is 0. The molecule has 1 aromatic heterocycles. The summed E-state index contributed by atoms with van der Waals surface area (Å²) < 4.78 is 1.38. The molecule has 2 saturated heterocycles. The van der Waals surface area contributed by atoms with E-state index in [2.05, 4.69) is 0 Å². The van der Waals surface area contributed by atoms with Crippen molar-refractivity contribution in [1.82, 2.24) is 4.57 Å². The van der Waals surface area contributed by atoms with Gasteiger partial charge in [0, 0.05) is 0 Å². The van der Waals surface area contributed by atoms with Gasteiger partial charge < -0.3 is 0 Å². The number of nitrogens with zero attached hydrogens (tertiary/aromatic N) is 3. The second-order valence-electron chi connectivity index (χ2n) is 8.46. The third-order valence-corrected chi connectivity index (χ3v) is 8.59. The second kappa shape index (κ2) is 9.31. The van der Waals surface area contributed by atoms with Gasteiger partial charge in [-0.05, 0) is 42.5 Å². The normalized spacial score (nSPS) is 21.1. The van der Waals surface area contributed by atoms with Gasteiger partial charge in [0.2, 0.25) is 5.91 Å². The predicted octanol–water partition coefficient (Wildman–Crippen LogP) is 5.91. The van der Waals surface area contributed by atoms with E-state index in [1.807, 2.05) is 24.3 Å². The molecule has 7 nitrogen and oxygen atoms in total. The molecule has 2 aliphatic rings. The van der Waals surface area contributed by atoms with Crippen LogP contribution >= 0.6 is 46.1 Å². The smallest absolute Gasteiger partial charge is 0.273 e. The minimum Gasteiger partial charge on any atom is -0.273 e. The molecule has 3 atom stereocenters. The molecule has 0 unspecified atom stereocenters. The van der Waals surface area contributed by atoms with E-state index in [1.54, 1.807) is 42.5 Å². The lowest BCUT2D eigenvalue weighted by Gasteiger charge is -2.28. The fourth-order valence-corrected chi connectivity index (χ4v) is 6.47. The van der Waals surface area contributed by atoms with Crippen LogP contribution in [-0.2, 0) is 14.4 Å². The average Bonchev–Trinajstić information content (AvgIpc) is 3.51. The van der Waals surface area contributed by atoms with Crippen LogP contribution in [0.5, 0.6) is 0 Å². The molecule has 0 aliphatic carbocycles. The molecule has 0 N–H and O–H groups in total. The Morgan fingerprint density at radius 2 is 1.38 bits per heavy atom. The third-order valence-electron chi connectivity index (χ3n) is 6.35. The SMILES string of the molecule is O=C1[C@@H]2[C@@H](c3sc(=O)n(-c4ccccc4)c3Cl)N(c3ccccc3)O[C@H]2C(=O)N1c1ccc(Cl)c(Cl)c1. The summed E-state index contributed by atoms with van der Waals surface area (Å²) in [4.78, 5) is 47.7. The topological polar surface area (TPSA) is 71.9 Å². The highest BCUT2D eigenvalue weighted by molar-refractivity contribution is 7.10. The molecule has 0 spiro atoms. The number of hydroxylamine groups is 1. The zero-order chi connectivity index (χ0) is 25.8. The van der Waals surface area contributed by atoms with Crippen molar-refractivity contribution in [3.05, 3.63) is 109 Å². The number of hydrogen-bond donors (Lipinski definition) is 0. The molecule has 11 heteroatoms. The molecule has 0 bridgehead atoms. The van der Waals surface area contributed by atoms with Crippen molar-refractivity contribution in [3.8, 4) is 5.69 Å². The van der Waals surface area contributed by atoms with Crippen LogP contribution in [0.2, 0.25) is 15.2 Å². The summed E-state index contributed by atoms with van der Waals surface area (Å²) in [5.74, 6) is -1.98. The lowest BCUT2D eigenvalue weighted by atomic mass is 9.95. The quantitative estimate of drug-likeness (QED) is 0.284. The lowest BCUT2D eigenvalue weighted by Crippen LogP contribution is -2.37. The van der Waals surface area contributed by atoms with E-state index in [-0.39, 0.29) is 20.7 Å². The molecule has 4 aromatic rings. The first kappa shape index (κ1) is 24.2. The molecule has 6 rings (SSSR count). The van der Waals surface area contributed by atoms with E-state index < -0.39 is 29.9 Å². The zero-order valence-electron chi connectivity index (χ0n) is 18.8. The standard InChI is InChI=1S/C26H16Cl3N3O4S/c27-17-12-11-16(13-18(17)28)31-24(33)19-20(32(36-21(19)25(31)34)15-9-5-2-6-10-15)22-23(29)30(26(35)37-22)14-7-3-1-4-8-14/h1-13,19-21H/t19-,20+,21-/m1/s1. The van der Waals surface area contributed by atoms with Crippen molar-refractivity contribution < 1.29 is 14.4 Å². The van der Waals surface area contributed by atoms with Crippen LogP contribution < -0.4 is 14.8 Å². The van der Waals surface area contributed by atoms with Gasteiger partial charge in [0.1, 0.15) is 17.1 Å². The molecule has 3 aromatic carbocycles. The Labute approximate surface area is 229 Å². The number of para-hydroxylation sites is 2. The van der Waals surface area contributed by atoms with Gasteiger partial charge in [0.05, 0.1) is 32.0 Å². The maximum atomic E-state index is 13.8. The molecule has 2 amide bonds. The number of hydrogen-bond acceptors (Lipinski definition) is 6. The van der Waals surface area contributed by atoms with Crippen LogP contribution in [0.4, 0.5) is 11.4 Å². The molecule has 37 heavy (non-hydrogen) atoms. The molecule has 2 aliphatic heterocycles. The maximum absolute atomic E-state index is 13.8. The third kappa shape index (κ3) is 3.88. The van der Waals surface area contributed by atoms with E-state index in [1.165, 1.54) is 21.8 Å². The van der Waals surface area contributed by atoms with Crippen molar-refractivity contribution in [2.24, 2.45) is 5.92 Å². The van der Waals surface area contributed by atoms with Gasteiger partial charge in [-0.3, -0.25) is 23.8 Å². The van der Waals surface area contributed by atoms with Crippen LogP contribution in [0.15, 0.2) is 83.7 Å². The van der Waals surface area contributed by atoms with E-state index in [9.17, 15) is 14.4 Å². The van der Waals surface area contributed by atoms with Crippen molar-refractivity contribution in [1.29, 1.82) is 0 Å². The summed E-state index contributed by atoms with van der Waals surface area (Å²) in [6.45, 7) is 0. The number of carbonyl (C=O) groups excluding carboxylic acids is 2. The Kier molecular flexibility index (Phi) is 6.09. The number of fused-ring (bicyclic) bond motifs is 1. The largest absolute Gasteiger partial charge is 0.313 e. The summed E-state index contributed by atoms with van der Waals surface area (Å²) >= 11 is 19.9. The molecule has 186 valence electrons. The van der Waals surface area contributed by atoms with Crippen LogP contribution in [-0.4, -0.2) is 22.5 Å². The summed E-state index contributed by atoms with van der Waals surface area (Å²) in [5.41, 5.74) is 1.49. The van der Waals surface area contributed by atoms with Gasteiger partial charge in [-0.2, -0.15) is 0 Å². The highest BCUT2D eigenvalue weighted by atomic mass is 35.5. The molecular weight excluding hydrogens is 557 g/mol. The molecule has 0 saturated carbocycles. The summed E-state index contributed by atoms with van der Waals surface area (Å²) in [6.07, 6.45) is -1.12. The van der Waals surface area contributed by atoms with Gasteiger partial charge in [-0.15, -0.1) is 0 Å². The van der Waals surface area contributed by atoms with Crippen molar-refractivity contribution in [2.45, 2.75) is 12.1 Å². The van der Waals surface area contributed by atoms with E-state index in [4.69, 9.17) is 39.6 Å². The molecule has 0 radical (unpaired) electrons. The molecule has 2 fully saturated rings. The zero-order valence-corrected chi connectivity index (χ0v) is 21.8. The highest BCUT2D eigenvalue weighted by Gasteiger charge is 2.61. The first-order valence-electron chi connectivity index (χ1n) is 11.2. The molecular formula is C26H16Cl3N3O4S. The Hall–Kier alpha value is -3.14. The van der Waals surface area contributed by atoms with Gasteiger partial charge in [0.15, 0.2) is 6.10 Å². The number of aromatic nitrogens is 1. The first-order valence-corrected chi connectivity index (χ1v) is 13.1. The van der Waals surface area contributed by atoms with E-state index >= 15 is 0 Å². The predicted molar refractivity (Wildman–Crippen MR) is 144 cm³/mol. The van der Waals surface area contributed by atoms with Gasteiger partial charge in [-0.25, -0.2) is 9.96 Å². The number of amides is 2. The number of imide groups is 1. The first-order chi connectivity index (χ1) is 17.9. The summed E-state index contributed by atoms with van der Waals surface area (Å²) in [5, 5.41) is 2.17. The Morgan fingerprint density at radius 3 is 2.03 bits per heavy atom. The number of benzene rings is 3. The Balaban J connectivity index is 1.49. The Morgan fingerprint density at radius 1 is 0.730 bits per heavy atom. The van der Waals surface area contributed by atoms with E-state index in [0.717, 1.165) is 16.2 Å². The molecule has 3 heterocycles. The van der Waals surface area contributed by atoms with E-state index in [0.29, 0.717) is 21.3 Å². The monoisotopic (exact) mass is 571 g/mol. The van der Waals surface area contributed by atoms with Crippen molar-refractivity contribution in [2.75, 3.05) is 9.96 Å². The number of carbonyl (C=O) groups is 2. The van der Waals surface area contributed by atoms with Crippen molar-refractivity contribution >= 4 is 69.3 Å². The second-order valence-corrected chi connectivity index (χ2v) is 10.6. The number of rotatable bonds is 4. The fourth-order valence-electron chi connectivity index (χ4n) is 4.71. The van der Waals surface area contributed by atoms with Crippen LogP contribution in [0.3, 0.4) is 0 Å². The lowest BCUT2D eigenvalue weighted by molar-refractivity contribution is -0.126. The van der Waals surface area contributed by atoms with Crippen LogP contribution in [0.25, 0.3) is 5.69 Å². The highest BCUT2D eigenvalue weighted by Crippen LogP contribution is 2.50. The number of thiazole rings is 1. The van der Waals surface area contributed by atoms with Crippen molar-refractivity contribution in [3.63, 3.8) is 0 Å². The average molecular weight is 573 g/mol. The minimum atomic E-state index is -1.12. The summed E-state index contributed by atoms with van der Waals surface area (Å²) in [6, 6.07) is 21.7. The fraction of sp³-hybridized carbons (Fsp3) is 0.115. The maximum Gasteiger partial charge on any atom is 0.313 e. The van der Waals surface area contributed by atoms with Crippen LogP contribution in [0.1, 0.15) is 10.9 Å². The Bertz CT molecular complexity index is 1590. The van der Waals surface area contributed by atoms with Gasteiger partial charge in [0.25, 0.3) is 5.91 Å². The number of anilines is 2. The van der Waals surface area contributed by atoms with Gasteiger partial charge in [-0.1, -0.05) is 82.5 Å².